The van der Waals surface area contributed by atoms with E-state index in [1.807, 2.05) is 22.9 Å². The predicted octanol–water partition coefficient (Wildman–Crippen LogP) is 0.779. The molecule has 0 fully saturated rings. The van der Waals surface area contributed by atoms with Crippen LogP contribution in [-0.4, -0.2) is 19.1 Å². The number of hydrogen-bond acceptors (Lipinski definition) is 2. The zero-order valence-corrected chi connectivity index (χ0v) is 6.44. The number of aromatic nitrogens is 2. The van der Waals surface area contributed by atoms with Crippen LogP contribution >= 0.6 is 22.9 Å². The monoisotopic (exact) mass is 238 g/mol. The number of carboxylic acids is 1. The summed E-state index contributed by atoms with van der Waals surface area (Å²) in [5.74, 6) is -0.946. The highest BCUT2D eigenvalue weighted by Gasteiger charge is 2.02. The minimum atomic E-state index is -0.946. The highest BCUT2D eigenvalue weighted by atomic mass is 127. The first kappa shape index (κ1) is 6.53. The van der Waals surface area contributed by atoms with Crippen molar-refractivity contribution in [2.75, 3.05) is 0 Å². The van der Waals surface area contributed by atoms with Crippen molar-refractivity contribution in [1.29, 1.82) is 0 Å². The molecule has 0 saturated carbocycles. The van der Waals surface area contributed by atoms with Gasteiger partial charge in [-0.1, -0.05) is 0 Å². The summed E-state index contributed by atoms with van der Waals surface area (Å²) in [6, 6.07) is 0. The van der Waals surface area contributed by atoms with Crippen LogP contribution in [0.2, 0.25) is 0 Å². The minimum absolute atomic E-state index is 0.212. The van der Waals surface area contributed by atoms with Gasteiger partial charge < -0.3 is 5.11 Å². The van der Waals surface area contributed by atoms with Crippen molar-refractivity contribution >= 4 is 28.8 Å². The normalized spacial score (nSPS) is 9.44. The zero-order chi connectivity index (χ0) is 6.85. The van der Waals surface area contributed by atoms with E-state index >= 15 is 0 Å². The van der Waals surface area contributed by atoms with Crippen LogP contribution in [0, 0.1) is 0 Å². The Morgan fingerprint density at radius 2 is 2.56 bits per heavy atom. The molecule has 0 unspecified atom stereocenters. The van der Waals surface area contributed by atoms with Gasteiger partial charge in [-0.3, -0.25) is 0 Å². The molecule has 0 saturated heterocycles. The number of hydrogen-bond donors (Lipinski definition) is 1. The number of halogens is 1. The van der Waals surface area contributed by atoms with Gasteiger partial charge in [-0.05, 0) is 0 Å². The van der Waals surface area contributed by atoms with Crippen LogP contribution in [0.3, 0.4) is 0 Å². The number of carboxylic acid groups (broad SMARTS) is 1. The summed E-state index contributed by atoms with van der Waals surface area (Å²) in [5.41, 5.74) is 0.212. The highest BCUT2D eigenvalue weighted by molar-refractivity contribution is 14.1. The van der Waals surface area contributed by atoms with Gasteiger partial charge in [0.25, 0.3) is 0 Å². The summed E-state index contributed by atoms with van der Waals surface area (Å²) in [5, 5.41) is 12.0. The number of aromatic carboxylic acids is 1. The summed E-state index contributed by atoms with van der Waals surface area (Å²) in [4.78, 5) is 10.2. The molecule has 0 amide bonds. The molecule has 1 N–H and O–H groups in total. The van der Waals surface area contributed by atoms with Crippen molar-refractivity contribution in [2.24, 2.45) is 0 Å². The first-order valence-corrected chi connectivity index (χ1v) is 3.11. The first-order chi connectivity index (χ1) is 4.20. The Balaban J connectivity index is 2.98. The summed E-state index contributed by atoms with van der Waals surface area (Å²) >= 11 is 1.88. The summed E-state index contributed by atoms with van der Waals surface area (Å²) < 4.78 is 1.42. The van der Waals surface area contributed by atoms with E-state index in [9.17, 15) is 4.79 Å². The largest absolute Gasteiger partial charge is 0.478 e. The second kappa shape index (κ2) is 2.34. The van der Waals surface area contributed by atoms with E-state index in [4.69, 9.17) is 5.11 Å². The van der Waals surface area contributed by atoms with Crippen molar-refractivity contribution in [3.63, 3.8) is 0 Å². The molecule has 1 aromatic heterocycles. The molecule has 48 valence electrons. The van der Waals surface area contributed by atoms with Crippen LogP contribution in [-0.2, 0) is 0 Å². The molecule has 4 nitrogen and oxygen atoms in total. The lowest BCUT2D eigenvalue weighted by atomic mass is 10.4. The summed E-state index contributed by atoms with van der Waals surface area (Å²) in [6.07, 6.45) is 2.73. The molecule has 1 heterocycles. The van der Waals surface area contributed by atoms with Gasteiger partial charge in [0, 0.05) is 0 Å². The molecule has 0 atom stereocenters. The second-order valence-electron chi connectivity index (χ2n) is 1.42. The van der Waals surface area contributed by atoms with Gasteiger partial charge in [0.05, 0.1) is 40.8 Å². The third-order valence-electron chi connectivity index (χ3n) is 0.800. The molecule has 0 radical (unpaired) electrons. The zero-order valence-electron chi connectivity index (χ0n) is 4.28. The van der Waals surface area contributed by atoms with E-state index in [0.717, 1.165) is 0 Å². The van der Waals surface area contributed by atoms with Crippen LogP contribution in [0.25, 0.3) is 0 Å². The lowest BCUT2D eigenvalue weighted by Crippen LogP contribution is -1.91. The van der Waals surface area contributed by atoms with E-state index in [-0.39, 0.29) is 5.56 Å². The average Bonchev–Trinajstić information content (AvgIpc) is 2.14. The molecule has 0 aliphatic heterocycles. The van der Waals surface area contributed by atoms with Gasteiger partial charge in [-0.15, -0.1) is 0 Å². The minimum Gasteiger partial charge on any atom is -0.478 e. The van der Waals surface area contributed by atoms with Crippen LogP contribution in [0.4, 0.5) is 0 Å². The fourth-order valence-electron chi connectivity index (χ4n) is 0.409. The van der Waals surface area contributed by atoms with E-state index in [0.29, 0.717) is 0 Å². The smallest absolute Gasteiger partial charge is 0.338 e. The summed E-state index contributed by atoms with van der Waals surface area (Å²) in [7, 11) is 0. The maximum Gasteiger partial charge on any atom is 0.338 e. The average molecular weight is 238 g/mol. The van der Waals surface area contributed by atoms with Crippen molar-refractivity contribution in [1.82, 2.24) is 7.99 Å². The van der Waals surface area contributed by atoms with Crippen LogP contribution in [0.15, 0.2) is 12.4 Å². The maximum absolute atomic E-state index is 10.2. The van der Waals surface area contributed by atoms with E-state index in [2.05, 4.69) is 5.10 Å². The number of rotatable bonds is 1. The Labute approximate surface area is 65.0 Å². The van der Waals surface area contributed by atoms with Gasteiger partial charge in [0.2, 0.25) is 0 Å². The van der Waals surface area contributed by atoms with Gasteiger partial charge in [0.1, 0.15) is 0 Å². The molecule has 0 bridgehead atoms. The molecule has 9 heavy (non-hydrogen) atoms. The maximum atomic E-state index is 10.2. The van der Waals surface area contributed by atoms with Crippen LogP contribution < -0.4 is 0 Å². The topological polar surface area (TPSA) is 55.1 Å². The third-order valence-corrected chi connectivity index (χ3v) is 1.33. The SMILES string of the molecule is O=C(O)c1cnn(I)c1. The summed E-state index contributed by atoms with van der Waals surface area (Å²) in [6.45, 7) is 0. The second-order valence-corrected chi connectivity index (χ2v) is 2.41. The molecule has 1 rings (SSSR count). The Kier molecular flexibility index (Phi) is 1.70. The quantitative estimate of drug-likeness (QED) is 0.735. The number of carbonyl (C=O) groups is 1. The van der Waals surface area contributed by atoms with Crippen molar-refractivity contribution in [3.05, 3.63) is 18.0 Å². The Morgan fingerprint density at radius 3 is 2.78 bits per heavy atom. The van der Waals surface area contributed by atoms with Gasteiger partial charge >= 0.3 is 5.97 Å². The fourth-order valence-corrected chi connectivity index (χ4v) is 0.834. The van der Waals surface area contributed by atoms with E-state index < -0.39 is 5.97 Å². The molecule has 0 spiro atoms. The first-order valence-electron chi connectivity index (χ1n) is 2.14. The van der Waals surface area contributed by atoms with E-state index in [1.54, 1.807) is 0 Å². The fraction of sp³-hybridized carbons (Fsp3) is 0. The molecule has 5 heteroatoms. The van der Waals surface area contributed by atoms with Gasteiger partial charge in [-0.25, -0.2) is 7.69 Å². The molecular formula is C4H3IN2O2. The van der Waals surface area contributed by atoms with Crippen molar-refractivity contribution in [2.45, 2.75) is 0 Å². The van der Waals surface area contributed by atoms with Crippen molar-refractivity contribution < 1.29 is 9.90 Å². The molecule has 1 aromatic rings. The van der Waals surface area contributed by atoms with Crippen LogP contribution in [0.5, 0.6) is 0 Å². The number of nitrogens with zero attached hydrogens (tertiary/aromatic N) is 2. The Hall–Kier alpha value is -0.590. The van der Waals surface area contributed by atoms with E-state index in [1.165, 1.54) is 15.3 Å². The van der Waals surface area contributed by atoms with Crippen LogP contribution in [0.1, 0.15) is 10.4 Å². The lowest BCUT2D eigenvalue weighted by Gasteiger charge is -1.79. The molecular weight excluding hydrogens is 235 g/mol. The molecule has 0 aromatic carbocycles. The Bertz CT molecular complexity index is 232. The third kappa shape index (κ3) is 1.41. The predicted molar refractivity (Wildman–Crippen MR) is 38.6 cm³/mol. The highest BCUT2D eigenvalue weighted by Crippen LogP contribution is 1.98. The standard InChI is InChI=1S/C4H3IN2O2/c5-7-2-3(1-6-7)4(8)9/h1-2H,(H,8,9). The van der Waals surface area contributed by atoms with Crippen molar-refractivity contribution in [3.8, 4) is 0 Å². The molecule has 0 aliphatic carbocycles. The van der Waals surface area contributed by atoms with Gasteiger partial charge in [0.15, 0.2) is 0 Å². The Morgan fingerprint density at radius 1 is 1.89 bits per heavy atom. The molecule has 0 aliphatic rings. The lowest BCUT2D eigenvalue weighted by molar-refractivity contribution is 0.0697. The van der Waals surface area contributed by atoms with Gasteiger partial charge in [-0.2, -0.15) is 5.10 Å².